The van der Waals surface area contributed by atoms with Gasteiger partial charge in [-0.2, -0.15) is 0 Å². The highest BCUT2D eigenvalue weighted by molar-refractivity contribution is 7.89. The molecule has 0 radical (unpaired) electrons. The van der Waals surface area contributed by atoms with Crippen LogP contribution in [0.5, 0.6) is 0 Å². The predicted molar refractivity (Wildman–Crippen MR) is 69.4 cm³/mol. The van der Waals surface area contributed by atoms with E-state index in [1.807, 2.05) is 0 Å². The second kappa shape index (κ2) is 5.72. The maximum absolute atomic E-state index is 12.1. The Hall–Kier alpha value is -0.730. The number of hydrogen-bond donors (Lipinski definition) is 2. The van der Waals surface area contributed by atoms with E-state index in [1.165, 1.54) is 18.5 Å². The zero-order valence-electron chi connectivity index (χ0n) is 10.2. The van der Waals surface area contributed by atoms with Gasteiger partial charge < -0.3 is 9.84 Å². The summed E-state index contributed by atoms with van der Waals surface area (Å²) in [5.74, 6) is 0. The van der Waals surface area contributed by atoms with Gasteiger partial charge in [0.05, 0.1) is 10.6 Å². The summed E-state index contributed by atoms with van der Waals surface area (Å²) >= 11 is 5.82. The second-order valence-corrected chi connectivity index (χ2v) is 6.61. The van der Waals surface area contributed by atoms with Crippen LogP contribution in [-0.2, 0) is 14.8 Å². The maximum atomic E-state index is 12.1. The molecule has 0 amide bonds. The van der Waals surface area contributed by atoms with Crippen molar-refractivity contribution >= 4 is 21.6 Å². The Balaban J connectivity index is 2.08. The van der Waals surface area contributed by atoms with Crippen molar-refractivity contribution in [3.05, 3.63) is 23.5 Å². The Kier molecular flexibility index (Phi) is 4.42. The number of sulfonamides is 1. The normalized spacial score (nSPS) is 19.3. The van der Waals surface area contributed by atoms with Crippen molar-refractivity contribution in [2.45, 2.75) is 23.3 Å². The minimum absolute atomic E-state index is 0.0656. The third-order valence-corrected chi connectivity index (χ3v) is 4.91. The zero-order valence-corrected chi connectivity index (χ0v) is 11.7. The number of rotatable bonds is 4. The molecular formula is C11H15ClN2O4S. The number of nitrogens with zero attached hydrogens (tertiary/aromatic N) is 1. The van der Waals surface area contributed by atoms with Crippen LogP contribution < -0.4 is 4.72 Å². The molecule has 0 saturated carbocycles. The molecule has 1 aliphatic heterocycles. The number of halogens is 1. The Morgan fingerprint density at radius 2 is 2.16 bits per heavy atom. The minimum atomic E-state index is -3.77. The maximum Gasteiger partial charge on any atom is 0.243 e. The van der Waals surface area contributed by atoms with Crippen molar-refractivity contribution < 1.29 is 18.3 Å². The number of aliphatic hydroxyl groups is 1. The number of nitrogens with one attached hydrogen (secondary N) is 1. The van der Waals surface area contributed by atoms with Crippen LogP contribution in [0.25, 0.3) is 0 Å². The summed E-state index contributed by atoms with van der Waals surface area (Å²) in [5.41, 5.74) is -1.07. The molecule has 0 unspecified atom stereocenters. The van der Waals surface area contributed by atoms with Gasteiger partial charge in [-0.3, -0.25) is 4.98 Å². The van der Waals surface area contributed by atoms with Gasteiger partial charge in [0.25, 0.3) is 0 Å². The van der Waals surface area contributed by atoms with E-state index in [0.29, 0.717) is 26.1 Å². The third-order valence-electron chi connectivity index (χ3n) is 3.04. The summed E-state index contributed by atoms with van der Waals surface area (Å²) in [6.45, 7) is 0.779. The highest BCUT2D eigenvalue weighted by Gasteiger charge is 2.31. The highest BCUT2D eigenvalue weighted by atomic mass is 35.5. The molecule has 1 fully saturated rings. The van der Waals surface area contributed by atoms with Crippen LogP contribution in [-0.4, -0.2) is 43.9 Å². The van der Waals surface area contributed by atoms with Gasteiger partial charge in [-0.15, -0.1) is 0 Å². The molecule has 1 saturated heterocycles. The van der Waals surface area contributed by atoms with Crippen LogP contribution in [0.15, 0.2) is 23.4 Å². The average molecular weight is 307 g/mol. The third kappa shape index (κ3) is 3.64. The lowest BCUT2D eigenvalue weighted by Gasteiger charge is -2.31. The molecule has 0 bridgehead atoms. The molecule has 0 aliphatic carbocycles. The molecule has 1 aromatic rings. The summed E-state index contributed by atoms with van der Waals surface area (Å²) in [6, 6.07) is 1.40. The predicted octanol–water partition coefficient (Wildman–Crippen LogP) is 0.555. The molecule has 1 aromatic heterocycles. The van der Waals surface area contributed by atoms with Gasteiger partial charge in [0.1, 0.15) is 4.90 Å². The van der Waals surface area contributed by atoms with E-state index in [4.69, 9.17) is 16.3 Å². The minimum Gasteiger partial charge on any atom is -0.388 e. The largest absolute Gasteiger partial charge is 0.388 e. The number of aromatic nitrogens is 1. The van der Waals surface area contributed by atoms with Crippen molar-refractivity contribution in [3.63, 3.8) is 0 Å². The van der Waals surface area contributed by atoms with Gasteiger partial charge >= 0.3 is 0 Å². The van der Waals surface area contributed by atoms with Crippen molar-refractivity contribution in [3.8, 4) is 0 Å². The first-order chi connectivity index (χ1) is 8.93. The molecular weight excluding hydrogens is 292 g/mol. The topological polar surface area (TPSA) is 88.5 Å². The van der Waals surface area contributed by atoms with Crippen LogP contribution in [0, 0.1) is 0 Å². The average Bonchev–Trinajstić information content (AvgIpc) is 2.38. The van der Waals surface area contributed by atoms with Crippen LogP contribution in [0.4, 0.5) is 0 Å². The van der Waals surface area contributed by atoms with E-state index >= 15 is 0 Å². The summed E-state index contributed by atoms with van der Waals surface area (Å²) < 4.78 is 31.6. The molecule has 8 heteroatoms. The SMILES string of the molecule is O=S(=O)(NCC1(O)CCOCC1)c1cnccc1Cl. The van der Waals surface area contributed by atoms with Crippen LogP contribution >= 0.6 is 11.6 Å². The molecule has 2 heterocycles. The standard InChI is InChI=1S/C11H15ClN2O4S/c12-9-1-4-13-7-10(9)19(16,17)14-8-11(15)2-5-18-6-3-11/h1,4,7,14-15H,2-3,5-6,8H2. The van der Waals surface area contributed by atoms with Gasteiger partial charge in [0, 0.05) is 45.0 Å². The lowest BCUT2D eigenvalue weighted by molar-refractivity contribution is -0.0588. The van der Waals surface area contributed by atoms with Crippen molar-refractivity contribution in [1.29, 1.82) is 0 Å². The quantitative estimate of drug-likeness (QED) is 0.848. The molecule has 2 rings (SSSR count). The van der Waals surface area contributed by atoms with E-state index < -0.39 is 15.6 Å². The molecule has 106 valence electrons. The smallest absolute Gasteiger partial charge is 0.243 e. The first-order valence-corrected chi connectivity index (χ1v) is 7.68. The Bertz CT molecular complexity index is 543. The summed E-state index contributed by atoms with van der Waals surface area (Å²) in [7, 11) is -3.77. The van der Waals surface area contributed by atoms with Crippen LogP contribution in [0.3, 0.4) is 0 Å². The first kappa shape index (κ1) is 14.7. The monoisotopic (exact) mass is 306 g/mol. The summed E-state index contributed by atoms with van der Waals surface area (Å²) in [6.07, 6.45) is 3.39. The molecule has 0 atom stereocenters. The molecule has 0 aromatic carbocycles. The van der Waals surface area contributed by atoms with Crippen molar-refractivity contribution in [1.82, 2.24) is 9.71 Å². The Morgan fingerprint density at radius 1 is 1.47 bits per heavy atom. The molecule has 1 aliphatic rings. The van der Waals surface area contributed by atoms with E-state index in [9.17, 15) is 13.5 Å². The van der Waals surface area contributed by atoms with E-state index in [-0.39, 0.29) is 16.5 Å². The van der Waals surface area contributed by atoms with Crippen molar-refractivity contribution in [2.75, 3.05) is 19.8 Å². The fourth-order valence-electron chi connectivity index (χ4n) is 1.80. The summed E-state index contributed by atoms with van der Waals surface area (Å²) in [5, 5.41) is 10.3. The fourth-order valence-corrected chi connectivity index (χ4v) is 3.34. The number of ether oxygens (including phenoxy) is 1. The van der Waals surface area contributed by atoms with Crippen LogP contribution in [0.1, 0.15) is 12.8 Å². The fraction of sp³-hybridized carbons (Fsp3) is 0.545. The van der Waals surface area contributed by atoms with E-state index in [2.05, 4.69) is 9.71 Å². The molecule has 2 N–H and O–H groups in total. The summed E-state index contributed by atoms with van der Waals surface area (Å²) in [4.78, 5) is 3.65. The first-order valence-electron chi connectivity index (χ1n) is 5.82. The van der Waals surface area contributed by atoms with Gasteiger partial charge in [-0.25, -0.2) is 13.1 Å². The second-order valence-electron chi connectivity index (χ2n) is 4.47. The lowest BCUT2D eigenvalue weighted by atomic mass is 9.95. The Morgan fingerprint density at radius 3 is 2.79 bits per heavy atom. The lowest BCUT2D eigenvalue weighted by Crippen LogP contribution is -2.46. The highest BCUT2D eigenvalue weighted by Crippen LogP contribution is 2.22. The van der Waals surface area contributed by atoms with Gasteiger partial charge in [-0.05, 0) is 6.07 Å². The van der Waals surface area contributed by atoms with Gasteiger partial charge in [-0.1, -0.05) is 11.6 Å². The number of hydrogen-bond acceptors (Lipinski definition) is 5. The van der Waals surface area contributed by atoms with Crippen molar-refractivity contribution in [2.24, 2.45) is 0 Å². The van der Waals surface area contributed by atoms with Crippen LogP contribution in [0.2, 0.25) is 5.02 Å². The van der Waals surface area contributed by atoms with Gasteiger partial charge in [0.15, 0.2) is 0 Å². The Labute approximate surface area is 116 Å². The van der Waals surface area contributed by atoms with Gasteiger partial charge in [0.2, 0.25) is 10.0 Å². The van der Waals surface area contributed by atoms with E-state index in [0.717, 1.165) is 0 Å². The zero-order chi connectivity index (χ0) is 13.9. The molecule has 19 heavy (non-hydrogen) atoms. The molecule has 0 spiro atoms. The number of pyridine rings is 1. The molecule has 6 nitrogen and oxygen atoms in total. The van der Waals surface area contributed by atoms with E-state index in [1.54, 1.807) is 0 Å².